The van der Waals surface area contributed by atoms with Crippen molar-refractivity contribution >= 4 is 58.8 Å². The van der Waals surface area contributed by atoms with Gasteiger partial charge < -0.3 is 10.1 Å². The van der Waals surface area contributed by atoms with Crippen molar-refractivity contribution in [2.24, 2.45) is 0 Å². The van der Waals surface area contributed by atoms with E-state index in [9.17, 15) is 14.1 Å². The number of ether oxygens (including phenoxy) is 1. The second-order valence-corrected chi connectivity index (χ2v) is 5.33. The first-order valence-corrected chi connectivity index (χ1v) is 7.20. The lowest BCUT2D eigenvalue weighted by Gasteiger charge is -2.13. The van der Waals surface area contributed by atoms with Crippen molar-refractivity contribution in [2.75, 3.05) is 18.2 Å². The van der Waals surface area contributed by atoms with E-state index in [1.165, 1.54) is 18.9 Å². The Kier molecular flexibility index (Phi) is 7.20. The van der Waals surface area contributed by atoms with Crippen LogP contribution in [0, 0.1) is 0 Å². The molecule has 0 spiro atoms. The Morgan fingerprint density at radius 1 is 1.62 bits per heavy atom. The maximum absolute atomic E-state index is 12.6. The third-order valence-electron chi connectivity index (χ3n) is 2.06. The van der Waals surface area contributed by atoms with E-state index in [1.807, 2.05) is 5.43 Å². The van der Waals surface area contributed by atoms with E-state index in [2.05, 4.69) is 10.1 Å². The van der Waals surface area contributed by atoms with Crippen molar-refractivity contribution in [3.8, 4) is 0 Å². The zero-order valence-corrected chi connectivity index (χ0v) is 13.1. The molecule has 0 aliphatic carbocycles. The Bertz CT molecular complexity index is 547. The highest BCUT2D eigenvalue weighted by Gasteiger charge is 2.08. The minimum atomic E-state index is -0.384. The Balaban J connectivity index is 2.70. The molecule has 1 amide bonds. The molecular weight excluding hydrogens is 341 g/mol. The number of halogens is 2. The van der Waals surface area contributed by atoms with Crippen molar-refractivity contribution in [3.63, 3.8) is 0 Å². The van der Waals surface area contributed by atoms with Gasteiger partial charge in [-0.3, -0.25) is 9.59 Å². The van der Waals surface area contributed by atoms with Gasteiger partial charge in [-0.25, -0.2) is 5.43 Å². The summed E-state index contributed by atoms with van der Waals surface area (Å²) >= 11 is 12.0. The van der Waals surface area contributed by atoms with Gasteiger partial charge in [0.1, 0.15) is 0 Å². The van der Waals surface area contributed by atoms with Crippen molar-refractivity contribution < 1.29 is 18.8 Å². The number of nitrogens with zero attached hydrogens (tertiary/aromatic N) is 1. The van der Waals surface area contributed by atoms with Gasteiger partial charge in [-0.1, -0.05) is 21.3 Å². The number of carbonyl (C=O) groups is 2. The van der Waals surface area contributed by atoms with Gasteiger partial charge in [0.2, 0.25) is 0 Å². The van der Waals surface area contributed by atoms with Crippen LogP contribution in [-0.4, -0.2) is 35.6 Å². The molecule has 0 radical (unpaired) electrons. The molecule has 114 valence electrons. The van der Waals surface area contributed by atoms with Gasteiger partial charge in [-0.05, 0) is 30.4 Å². The SMILES string of the molecule is COC(=O)CSc1cc(NC(=S)NN(F)C=O)ccc1Cl. The van der Waals surface area contributed by atoms with Crippen molar-refractivity contribution in [1.82, 2.24) is 10.7 Å². The maximum Gasteiger partial charge on any atom is 0.315 e. The lowest BCUT2D eigenvalue weighted by atomic mass is 10.3. The van der Waals surface area contributed by atoms with E-state index in [0.29, 0.717) is 15.6 Å². The molecule has 0 aliphatic heterocycles. The lowest BCUT2D eigenvalue weighted by molar-refractivity contribution is -0.137. The smallest absolute Gasteiger partial charge is 0.315 e. The second kappa shape index (κ2) is 8.65. The fourth-order valence-electron chi connectivity index (χ4n) is 1.17. The first-order valence-electron chi connectivity index (χ1n) is 5.43. The summed E-state index contributed by atoms with van der Waals surface area (Å²) < 4.78 is 17.2. The van der Waals surface area contributed by atoms with E-state index < -0.39 is 0 Å². The van der Waals surface area contributed by atoms with Crippen LogP contribution in [0.3, 0.4) is 0 Å². The Labute approximate surface area is 134 Å². The second-order valence-electron chi connectivity index (χ2n) is 3.49. The van der Waals surface area contributed by atoms with Crippen LogP contribution in [0.4, 0.5) is 10.2 Å². The van der Waals surface area contributed by atoms with Crippen molar-refractivity contribution in [3.05, 3.63) is 23.2 Å². The van der Waals surface area contributed by atoms with Gasteiger partial charge >= 0.3 is 5.97 Å². The zero-order valence-electron chi connectivity index (χ0n) is 10.8. The quantitative estimate of drug-likeness (QED) is 0.203. The van der Waals surface area contributed by atoms with Crippen LogP contribution in [0.5, 0.6) is 0 Å². The summed E-state index contributed by atoms with van der Waals surface area (Å²) in [4.78, 5) is 21.8. The molecule has 0 aliphatic rings. The molecule has 0 saturated heterocycles. The minimum absolute atomic E-state index is 0.0759. The number of hydrogen-bond donors (Lipinski definition) is 2. The van der Waals surface area contributed by atoms with Crippen molar-refractivity contribution in [2.45, 2.75) is 4.90 Å². The maximum atomic E-state index is 12.6. The molecule has 6 nitrogen and oxygen atoms in total. The lowest BCUT2D eigenvalue weighted by Crippen LogP contribution is -2.38. The summed E-state index contributed by atoms with van der Waals surface area (Å²) in [6, 6.07) is 4.84. The Morgan fingerprint density at radius 3 is 2.95 bits per heavy atom. The number of thioether (sulfide) groups is 1. The molecule has 0 atom stereocenters. The zero-order chi connectivity index (χ0) is 15.8. The standard InChI is InChI=1S/C11H11ClFN3O3S2/c1-19-10(18)5-21-9-4-7(2-3-8(9)12)14-11(20)15-16(13)6-17/h2-4,6H,5H2,1H3,(H2,14,15,20). The molecule has 21 heavy (non-hydrogen) atoms. The molecule has 2 N–H and O–H groups in total. The van der Waals surface area contributed by atoms with Crippen LogP contribution < -0.4 is 10.7 Å². The van der Waals surface area contributed by atoms with Crippen LogP contribution >= 0.6 is 35.6 Å². The highest BCUT2D eigenvalue weighted by Crippen LogP contribution is 2.30. The molecule has 0 heterocycles. The average Bonchev–Trinajstić information content (AvgIpc) is 2.47. The Morgan fingerprint density at radius 2 is 2.33 bits per heavy atom. The van der Waals surface area contributed by atoms with Gasteiger partial charge in [0, 0.05) is 10.6 Å². The third kappa shape index (κ3) is 6.15. The molecule has 1 aromatic rings. The minimum Gasteiger partial charge on any atom is -0.468 e. The van der Waals surface area contributed by atoms with Gasteiger partial charge in [0.05, 0.1) is 17.9 Å². The number of anilines is 1. The fraction of sp³-hybridized carbons (Fsp3) is 0.182. The average molecular weight is 352 g/mol. The molecule has 0 fully saturated rings. The molecule has 0 unspecified atom stereocenters. The van der Waals surface area contributed by atoms with Gasteiger partial charge in [0.15, 0.2) is 5.11 Å². The monoisotopic (exact) mass is 351 g/mol. The van der Waals surface area contributed by atoms with Gasteiger partial charge in [-0.15, -0.1) is 11.8 Å². The van der Waals surface area contributed by atoms with Crippen LogP contribution in [0.1, 0.15) is 0 Å². The highest BCUT2D eigenvalue weighted by molar-refractivity contribution is 8.00. The number of esters is 1. The molecule has 1 rings (SSSR count). The molecule has 1 aromatic carbocycles. The number of rotatable bonds is 6. The van der Waals surface area contributed by atoms with Crippen LogP contribution in [0.15, 0.2) is 23.1 Å². The van der Waals surface area contributed by atoms with Crippen LogP contribution in [0.2, 0.25) is 5.02 Å². The first-order chi connectivity index (χ1) is 9.96. The largest absolute Gasteiger partial charge is 0.468 e. The fourth-order valence-corrected chi connectivity index (χ4v) is 2.46. The van der Waals surface area contributed by atoms with E-state index in [4.69, 9.17) is 23.8 Å². The summed E-state index contributed by atoms with van der Waals surface area (Å²) in [7, 11) is 1.29. The number of amides is 1. The number of benzene rings is 1. The number of hydrogen-bond acceptors (Lipinski definition) is 5. The number of methoxy groups -OCH3 is 1. The Hall–Kier alpha value is -1.58. The number of carbonyl (C=O) groups excluding carboxylic acids is 2. The number of nitrogens with one attached hydrogen (secondary N) is 2. The topological polar surface area (TPSA) is 70.7 Å². The van der Waals surface area contributed by atoms with E-state index in [0.717, 1.165) is 0 Å². The highest BCUT2D eigenvalue weighted by atomic mass is 35.5. The normalized spacial score (nSPS) is 9.67. The number of thiocarbonyl (C=S) groups is 1. The van der Waals surface area contributed by atoms with E-state index in [-0.39, 0.29) is 28.5 Å². The molecular formula is C11H11ClFN3O3S2. The molecule has 0 bridgehead atoms. The summed E-state index contributed by atoms with van der Waals surface area (Å²) in [5.41, 5.74) is 2.49. The van der Waals surface area contributed by atoms with Crippen LogP contribution in [0.25, 0.3) is 0 Å². The summed E-state index contributed by atoms with van der Waals surface area (Å²) in [5.74, 6) is -0.281. The van der Waals surface area contributed by atoms with Crippen molar-refractivity contribution in [1.29, 1.82) is 0 Å². The third-order valence-corrected chi connectivity index (χ3v) is 3.73. The summed E-state index contributed by atoms with van der Waals surface area (Å²) in [6.45, 7) is 0. The predicted molar refractivity (Wildman–Crippen MR) is 82.6 cm³/mol. The summed E-state index contributed by atoms with van der Waals surface area (Å²) in [6.07, 6.45) is -0.0759. The van der Waals surface area contributed by atoms with Gasteiger partial charge in [-0.2, -0.15) is 0 Å². The van der Waals surface area contributed by atoms with E-state index in [1.54, 1.807) is 18.2 Å². The number of hydrazine groups is 1. The molecule has 0 aromatic heterocycles. The molecule has 10 heteroatoms. The molecule has 0 saturated carbocycles. The van der Waals surface area contributed by atoms with Crippen LogP contribution in [-0.2, 0) is 14.3 Å². The van der Waals surface area contributed by atoms with Gasteiger partial charge in [0.25, 0.3) is 6.41 Å². The summed E-state index contributed by atoms with van der Waals surface area (Å²) in [5, 5.41) is 2.68. The predicted octanol–water partition coefficient (Wildman–Crippen LogP) is 2.15. The van der Waals surface area contributed by atoms with E-state index >= 15 is 0 Å². The first kappa shape index (κ1) is 17.5.